The highest BCUT2D eigenvalue weighted by atomic mass is 16.4. The zero-order chi connectivity index (χ0) is 9.14. The molecule has 12 heavy (non-hydrogen) atoms. The fourth-order valence-electron chi connectivity index (χ4n) is 1.18. The molecule has 0 saturated carbocycles. The Morgan fingerprint density at radius 1 is 1.50 bits per heavy atom. The summed E-state index contributed by atoms with van der Waals surface area (Å²) in [6, 6.07) is 0. The number of rotatable bonds is 2. The average Bonchev–Trinajstić information content (AvgIpc) is 2.33. The van der Waals surface area contributed by atoms with Crippen molar-refractivity contribution in [3.8, 4) is 0 Å². The van der Waals surface area contributed by atoms with Gasteiger partial charge in [0.1, 0.15) is 0 Å². The van der Waals surface area contributed by atoms with Gasteiger partial charge in [0.2, 0.25) is 0 Å². The van der Waals surface area contributed by atoms with Crippen LogP contribution in [0.5, 0.6) is 0 Å². The molecule has 0 aromatic heterocycles. The summed E-state index contributed by atoms with van der Waals surface area (Å²) in [6.45, 7) is 0.524. The molecule has 0 bridgehead atoms. The lowest BCUT2D eigenvalue weighted by molar-refractivity contribution is -0.140. The van der Waals surface area contributed by atoms with Crippen molar-refractivity contribution in [2.75, 3.05) is 6.54 Å². The number of carboxylic acids is 2. The van der Waals surface area contributed by atoms with E-state index in [0.29, 0.717) is 13.0 Å². The third-order valence-electron chi connectivity index (χ3n) is 1.71. The van der Waals surface area contributed by atoms with Gasteiger partial charge in [0, 0.05) is 18.3 Å². The standard InChI is InChI=1S/C7H9NO4/c9-6(10)3-5-4(7(11)12)1-2-8-5/h3-4,8H,1-2H2,(H,9,10)(H,11,12). The van der Waals surface area contributed by atoms with E-state index in [2.05, 4.69) is 5.32 Å². The van der Waals surface area contributed by atoms with E-state index >= 15 is 0 Å². The minimum absolute atomic E-state index is 0.287. The Morgan fingerprint density at radius 2 is 2.17 bits per heavy atom. The predicted octanol–water partition coefficient (Wildman–Crippen LogP) is -0.351. The molecule has 1 unspecified atom stereocenters. The first-order valence-electron chi connectivity index (χ1n) is 3.52. The molecule has 1 atom stereocenters. The second kappa shape index (κ2) is 3.25. The first-order chi connectivity index (χ1) is 5.61. The maximum absolute atomic E-state index is 10.5. The van der Waals surface area contributed by atoms with Gasteiger partial charge in [-0.1, -0.05) is 0 Å². The van der Waals surface area contributed by atoms with Gasteiger partial charge in [-0.2, -0.15) is 0 Å². The first kappa shape index (κ1) is 8.58. The quantitative estimate of drug-likeness (QED) is 0.494. The Bertz CT molecular complexity index is 246. The van der Waals surface area contributed by atoms with E-state index in [1.54, 1.807) is 0 Å². The normalized spacial score (nSPS) is 25.3. The molecule has 1 aliphatic heterocycles. The van der Waals surface area contributed by atoms with Gasteiger partial charge in [0.25, 0.3) is 0 Å². The second-order valence-electron chi connectivity index (χ2n) is 2.54. The van der Waals surface area contributed by atoms with Gasteiger partial charge in [0.05, 0.1) is 5.92 Å². The summed E-state index contributed by atoms with van der Waals surface area (Å²) in [5.41, 5.74) is 0.287. The van der Waals surface area contributed by atoms with Crippen molar-refractivity contribution in [1.29, 1.82) is 0 Å². The molecule has 3 N–H and O–H groups in total. The highest BCUT2D eigenvalue weighted by molar-refractivity contribution is 5.83. The molecular weight excluding hydrogens is 162 g/mol. The summed E-state index contributed by atoms with van der Waals surface area (Å²) in [5.74, 6) is -2.78. The van der Waals surface area contributed by atoms with Crippen LogP contribution in [-0.2, 0) is 9.59 Å². The Hall–Kier alpha value is -1.52. The van der Waals surface area contributed by atoms with Crippen molar-refractivity contribution in [2.24, 2.45) is 5.92 Å². The van der Waals surface area contributed by atoms with Crippen LogP contribution in [0.3, 0.4) is 0 Å². The third kappa shape index (κ3) is 1.75. The van der Waals surface area contributed by atoms with E-state index in [-0.39, 0.29) is 5.70 Å². The molecule has 0 aliphatic carbocycles. The summed E-state index contributed by atoms with van der Waals surface area (Å²) >= 11 is 0. The first-order valence-corrected chi connectivity index (χ1v) is 3.52. The van der Waals surface area contributed by atoms with Crippen LogP contribution in [0, 0.1) is 5.92 Å². The van der Waals surface area contributed by atoms with Crippen molar-refractivity contribution >= 4 is 11.9 Å². The lowest BCUT2D eigenvalue weighted by Crippen LogP contribution is -2.16. The minimum Gasteiger partial charge on any atom is -0.481 e. The Balaban J connectivity index is 2.76. The average molecular weight is 171 g/mol. The molecule has 1 fully saturated rings. The Morgan fingerprint density at radius 3 is 2.67 bits per heavy atom. The van der Waals surface area contributed by atoms with Crippen LogP contribution in [0.25, 0.3) is 0 Å². The van der Waals surface area contributed by atoms with E-state index in [1.165, 1.54) is 0 Å². The molecule has 1 saturated heterocycles. The molecule has 5 nitrogen and oxygen atoms in total. The van der Waals surface area contributed by atoms with Crippen molar-refractivity contribution in [2.45, 2.75) is 6.42 Å². The molecule has 0 spiro atoms. The molecule has 0 radical (unpaired) electrons. The monoisotopic (exact) mass is 171 g/mol. The van der Waals surface area contributed by atoms with Crippen molar-refractivity contribution in [3.05, 3.63) is 11.8 Å². The van der Waals surface area contributed by atoms with E-state index in [0.717, 1.165) is 6.08 Å². The molecule has 0 aromatic carbocycles. The van der Waals surface area contributed by atoms with E-state index in [4.69, 9.17) is 10.2 Å². The van der Waals surface area contributed by atoms with Crippen LogP contribution < -0.4 is 5.32 Å². The maximum Gasteiger partial charge on any atom is 0.330 e. The summed E-state index contributed by atoms with van der Waals surface area (Å²) in [5, 5.41) is 19.7. The van der Waals surface area contributed by atoms with Gasteiger partial charge in [-0.3, -0.25) is 4.79 Å². The van der Waals surface area contributed by atoms with Gasteiger partial charge in [-0.15, -0.1) is 0 Å². The summed E-state index contributed by atoms with van der Waals surface area (Å²) < 4.78 is 0. The van der Waals surface area contributed by atoms with Crippen LogP contribution in [0.4, 0.5) is 0 Å². The molecule has 66 valence electrons. The number of hydrogen-bond donors (Lipinski definition) is 3. The summed E-state index contributed by atoms with van der Waals surface area (Å²) in [6.07, 6.45) is 1.36. The number of carbonyl (C=O) groups is 2. The zero-order valence-corrected chi connectivity index (χ0v) is 6.28. The highest BCUT2D eigenvalue weighted by Crippen LogP contribution is 2.18. The Kier molecular flexibility index (Phi) is 2.32. The van der Waals surface area contributed by atoms with Gasteiger partial charge in [0.15, 0.2) is 0 Å². The maximum atomic E-state index is 10.5. The van der Waals surface area contributed by atoms with Crippen molar-refractivity contribution in [3.63, 3.8) is 0 Å². The van der Waals surface area contributed by atoms with Crippen LogP contribution in [0.15, 0.2) is 11.8 Å². The van der Waals surface area contributed by atoms with Gasteiger partial charge < -0.3 is 15.5 Å². The topological polar surface area (TPSA) is 86.6 Å². The second-order valence-corrected chi connectivity index (χ2v) is 2.54. The fraction of sp³-hybridized carbons (Fsp3) is 0.429. The van der Waals surface area contributed by atoms with Crippen molar-refractivity contribution < 1.29 is 19.8 Å². The molecular formula is C7H9NO4. The summed E-state index contributed by atoms with van der Waals surface area (Å²) in [7, 11) is 0. The smallest absolute Gasteiger partial charge is 0.330 e. The van der Waals surface area contributed by atoms with Gasteiger partial charge in [-0.05, 0) is 6.42 Å². The molecule has 1 rings (SSSR count). The van der Waals surface area contributed by atoms with Gasteiger partial charge in [-0.25, -0.2) is 4.79 Å². The van der Waals surface area contributed by atoms with E-state index in [1.807, 2.05) is 0 Å². The SMILES string of the molecule is O=C(O)C=C1NCCC1C(=O)O. The largest absolute Gasteiger partial charge is 0.481 e. The van der Waals surface area contributed by atoms with Crippen LogP contribution in [0.1, 0.15) is 6.42 Å². The van der Waals surface area contributed by atoms with Gasteiger partial charge >= 0.3 is 11.9 Å². The molecule has 0 amide bonds. The van der Waals surface area contributed by atoms with Crippen LogP contribution in [0.2, 0.25) is 0 Å². The predicted molar refractivity (Wildman–Crippen MR) is 39.5 cm³/mol. The molecule has 0 aromatic rings. The number of aliphatic carboxylic acids is 2. The van der Waals surface area contributed by atoms with E-state index in [9.17, 15) is 9.59 Å². The number of hydrogen-bond acceptors (Lipinski definition) is 3. The highest BCUT2D eigenvalue weighted by Gasteiger charge is 2.27. The molecule has 1 aliphatic rings. The fourth-order valence-corrected chi connectivity index (χ4v) is 1.18. The zero-order valence-electron chi connectivity index (χ0n) is 6.28. The lowest BCUT2D eigenvalue weighted by atomic mass is 10.1. The molecule has 5 heteroatoms. The third-order valence-corrected chi connectivity index (χ3v) is 1.71. The number of carboxylic acid groups (broad SMARTS) is 2. The molecule has 1 heterocycles. The Labute approximate surface area is 68.7 Å². The minimum atomic E-state index is -1.12. The van der Waals surface area contributed by atoms with Crippen LogP contribution in [-0.4, -0.2) is 28.7 Å². The lowest BCUT2D eigenvalue weighted by Gasteiger charge is -2.03. The number of nitrogens with one attached hydrogen (secondary N) is 1. The summed E-state index contributed by atoms with van der Waals surface area (Å²) in [4.78, 5) is 20.7. The van der Waals surface area contributed by atoms with E-state index < -0.39 is 17.9 Å². The van der Waals surface area contributed by atoms with Crippen molar-refractivity contribution in [1.82, 2.24) is 5.32 Å². The van der Waals surface area contributed by atoms with Crippen LogP contribution >= 0.6 is 0 Å².